The highest BCUT2D eigenvalue weighted by molar-refractivity contribution is 5.97. The van der Waals surface area contributed by atoms with Crippen molar-refractivity contribution < 1.29 is 14.3 Å². The number of fused-ring (bicyclic) bond motifs is 3. The Morgan fingerprint density at radius 1 is 1.12 bits per heavy atom. The van der Waals surface area contributed by atoms with Crippen molar-refractivity contribution in [1.82, 2.24) is 10.2 Å². The molecular weight excluding hydrogens is 328 g/mol. The van der Waals surface area contributed by atoms with Crippen LogP contribution >= 0.6 is 0 Å². The summed E-state index contributed by atoms with van der Waals surface area (Å²) in [5.74, 6) is 2.00. The number of methoxy groups -OCH3 is 2. The molecule has 0 saturated carbocycles. The average molecular weight is 352 g/mol. The van der Waals surface area contributed by atoms with Crippen LogP contribution in [-0.2, 0) is 6.54 Å². The standard InChI is InChI=1S/C21H24N2O3/c1-25-16-8-17-20(19(9-16)26-2)18-13-23(11-14-6-4-3-5-7-14)12-15(18)10-22-21(17)24/h3-9,15,18H,10-13H2,1-2H3,(H,22,24). The van der Waals surface area contributed by atoms with E-state index in [9.17, 15) is 4.79 Å². The fourth-order valence-corrected chi connectivity index (χ4v) is 4.24. The number of nitrogens with one attached hydrogen (secondary N) is 1. The van der Waals surface area contributed by atoms with E-state index in [-0.39, 0.29) is 11.8 Å². The van der Waals surface area contributed by atoms with Gasteiger partial charge in [0.2, 0.25) is 0 Å². The number of nitrogens with zero attached hydrogens (tertiary/aromatic N) is 1. The lowest BCUT2D eigenvalue weighted by Gasteiger charge is -2.20. The molecule has 2 aliphatic rings. The van der Waals surface area contributed by atoms with Crippen LogP contribution in [0, 0.1) is 5.92 Å². The van der Waals surface area contributed by atoms with Crippen LogP contribution in [0.1, 0.15) is 27.4 Å². The molecule has 0 aliphatic carbocycles. The molecule has 0 aromatic heterocycles. The van der Waals surface area contributed by atoms with Gasteiger partial charge in [-0.3, -0.25) is 9.69 Å². The summed E-state index contributed by atoms with van der Waals surface area (Å²) in [6, 6.07) is 14.2. The Kier molecular flexibility index (Phi) is 4.55. The van der Waals surface area contributed by atoms with E-state index < -0.39 is 0 Å². The molecule has 2 aliphatic heterocycles. The maximum atomic E-state index is 12.6. The zero-order valence-electron chi connectivity index (χ0n) is 15.2. The van der Waals surface area contributed by atoms with Crippen LogP contribution in [-0.4, -0.2) is 44.7 Å². The summed E-state index contributed by atoms with van der Waals surface area (Å²) in [7, 11) is 3.26. The molecule has 1 N–H and O–H groups in total. The zero-order chi connectivity index (χ0) is 18.1. The summed E-state index contributed by atoms with van der Waals surface area (Å²) >= 11 is 0. The van der Waals surface area contributed by atoms with Gasteiger partial charge >= 0.3 is 0 Å². The average Bonchev–Trinajstić information content (AvgIpc) is 3.02. The molecule has 2 heterocycles. The largest absolute Gasteiger partial charge is 0.497 e. The van der Waals surface area contributed by atoms with Gasteiger partial charge in [-0.15, -0.1) is 0 Å². The number of likely N-dealkylation sites (tertiary alicyclic amines) is 1. The van der Waals surface area contributed by atoms with Crippen molar-refractivity contribution in [3.05, 3.63) is 59.2 Å². The molecule has 1 saturated heterocycles. The first kappa shape index (κ1) is 16.9. The second-order valence-electron chi connectivity index (χ2n) is 7.05. The third kappa shape index (κ3) is 3.03. The molecule has 2 aromatic rings. The lowest BCUT2D eigenvalue weighted by Crippen LogP contribution is -2.29. The quantitative estimate of drug-likeness (QED) is 0.919. The predicted molar refractivity (Wildman–Crippen MR) is 99.8 cm³/mol. The van der Waals surface area contributed by atoms with Crippen molar-refractivity contribution in [1.29, 1.82) is 0 Å². The molecule has 2 atom stereocenters. The summed E-state index contributed by atoms with van der Waals surface area (Å²) < 4.78 is 11.0. The van der Waals surface area contributed by atoms with Crippen LogP contribution in [0.3, 0.4) is 0 Å². The van der Waals surface area contributed by atoms with Crippen molar-refractivity contribution in [3.8, 4) is 11.5 Å². The summed E-state index contributed by atoms with van der Waals surface area (Å²) in [6.07, 6.45) is 0. The fourth-order valence-electron chi connectivity index (χ4n) is 4.24. The zero-order valence-corrected chi connectivity index (χ0v) is 15.2. The smallest absolute Gasteiger partial charge is 0.251 e. The maximum absolute atomic E-state index is 12.6. The number of ether oxygens (including phenoxy) is 2. The van der Waals surface area contributed by atoms with Crippen molar-refractivity contribution in [3.63, 3.8) is 0 Å². The number of amides is 1. The van der Waals surface area contributed by atoms with E-state index in [0.717, 1.165) is 30.9 Å². The van der Waals surface area contributed by atoms with E-state index in [1.54, 1.807) is 14.2 Å². The summed E-state index contributed by atoms with van der Waals surface area (Å²) in [5, 5.41) is 3.08. The van der Waals surface area contributed by atoms with Gasteiger partial charge in [-0.2, -0.15) is 0 Å². The van der Waals surface area contributed by atoms with E-state index >= 15 is 0 Å². The Labute approximate surface area is 153 Å². The highest BCUT2D eigenvalue weighted by Crippen LogP contribution is 2.43. The van der Waals surface area contributed by atoms with Gasteiger partial charge in [-0.1, -0.05) is 30.3 Å². The number of hydrogen-bond donors (Lipinski definition) is 1. The molecule has 5 nitrogen and oxygen atoms in total. The Morgan fingerprint density at radius 2 is 1.92 bits per heavy atom. The summed E-state index contributed by atoms with van der Waals surface area (Å²) in [5.41, 5.74) is 3.01. The first-order chi connectivity index (χ1) is 12.7. The van der Waals surface area contributed by atoms with E-state index in [1.165, 1.54) is 5.56 Å². The van der Waals surface area contributed by atoms with Gasteiger partial charge < -0.3 is 14.8 Å². The minimum atomic E-state index is -0.0405. The Bertz CT molecular complexity index is 806. The molecule has 2 unspecified atom stereocenters. The van der Waals surface area contributed by atoms with Gasteiger partial charge in [-0.25, -0.2) is 0 Å². The van der Waals surface area contributed by atoms with Gasteiger partial charge in [-0.05, 0) is 17.5 Å². The third-order valence-corrected chi connectivity index (χ3v) is 5.48. The molecule has 1 amide bonds. The number of carbonyl (C=O) groups excluding carboxylic acids is 1. The molecular formula is C21H24N2O3. The number of carbonyl (C=O) groups is 1. The van der Waals surface area contributed by atoms with Crippen molar-refractivity contribution in [2.24, 2.45) is 5.92 Å². The normalized spacial score (nSPS) is 22.2. The second-order valence-corrected chi connectivity index (χ2v) is 7.05. The Hall–Kier alpha value is -2.53. The molecule has 1 fully saturated rings. The number of hydrogen-bond acceptors (Lipinski definition) is 4. The molecule has 136 valence electrons. The molecule has 0 bridgehead atoms. The summed E-state index contributed by atoms with van der Waals surface area (Å²) in [4.78, 5) is 15.1. The third-order valence-electron chi connectivity index (χ3n) is 5.48. The van der Waals surface area contributed by atoms with Crippen molar-refractivity contribution >= 4 is 5.91 Å². The highest BCUT2D eigenvalue weighted by Gasteiger charge is 2.40. The lowest BCUT2D eigenvalue weighted by molar-refractivity contribution is 0.0950. The van der Waals surface area contributed by atoms with E-state index in [2.05, 4.69) is 34.5 Å². The van der Waals surface area contributed by atoms with Gasteiger partial charge in [0.25, 0.3) is 5.91 Å². The predicted octanol–water partition coefficient (Wildman–Crippen LogP) is 2.66. The minimum absolute atomic E-state index is 0.0405. The lowest BCUT2D eigenvalue weighted by atomic mass is 9.86. The van der Waals surface area contributed by atoms with Crippen LogP contribution in [0.25, 0.3) is 0 Å². The van der Waals surface area contributed by atoms with Crippen LogP contribution in [0.5, 0.6) is 11.5 Å². The minimum Gasteiger partial charge on any atom is -0.497 e. The molecule has 26 heavy (non-hydrogen) atoms. The monoisotopic (exact) mass is 352 g/mol. The SMILES string of the molecule is COc1cc(OC)c2c(c1)C(=O)NCC1CN(Cc3ccccc3)CC21. The second kappa shape index (κ2) is 7.00. The van der Waals surface area contributed by atoms with Gasteiger partial charge in [0.15, 0.2) is 0 Å². The van der Waals surface area contributed by atoms with Crippen LogP contribution < -0.4 is 14.8 Å². The van der Waals surface area contributed by atoms with Crippen LogP contribution in [0.2, 0.25) is 0 Å². The molecule has 0 radical (unpaired) electrons. The Balaban J connectivity index is 1.67. The van der Waals surface area contributed by atoms with Crippen LogP contribution in [0.15, 0.2) is 42.5 Å². The first-order valence-electron chi connectivity index (χ1n) is 9.00. The van der Waals surface area contributed by atoms with Crippen LogP contribution in [0.4, 0.5) is 0 Å². The van der Waals surface area contributed by atoms with Gasteiger partial charge in [0, 0.05) is 43.7 Å². The Morgan fingerprint density at radius 3 is 2.65 bits per heavy atom. The molecule has 5 heteroatoms. The molecule has 0 spiro atoms. The number of benzene rings is 2. The van der Waals surface area contributed by atoms with Crippen molar-refractivity contribution in [2.45, 2.75) is 12.5 Å². The summed E-state index contributed by atoms with van der Waals surface area (Å²) in [6.45, 7) is 3.50. The van der Waals surface area contributed by atoms with Gasteiger partial charge in [0.1, 0.15) is 11.5 Å². The van der Waals surface area contributed by atoms with E-state index in [1.807, 2.05) is 18.2 Å². The molecule has 2 aromatic carbocycles. The van der Waals surface area contributed by atoms with E-state index in [0.29, 0.717) is 23.8 Å². The molecule has 4 rings (SSSR count). The van der Waals surface area contributed by atoms with Crippen molar-refractivity contribution in [2.75, 3.05) is 33.9 Å². The highest BCUT2D eigenvalue weighted by atomic mass is 16.5. The first-order valence-corrected chi connectivity index (χ1v) is 9.00. The fraction of sp³-hybridized carbons (Fsp3) is 0.381. The van der Waals surface area contributed by atoms with E-state index in [4.69, 9.17) is 9.47 Å². The topological polar surface area (TPSA) is 50.8 Å². The number of rotatable bonds is 4. The van der Waals surface area contributed by atoms with Gasteiger partial charge in [0.05, 0.1) is 19.8 Å². The maximum Gasteiger partial charge on any atom is 0.251 e.